The number of alkyl carbamates (subject to hydrolysis) is 1. The zero-order chi connectivity index (χ0) is 38.1. The summed E-state index contributed by atoms with van der Waals surface area (Å²) in [5, 5.41) is 14.4. The molecule has 0 bridgehead atoms. The van der Waals surface area contributed by atoms with Crippen molar-refractivity contribution in [3.8, 4) is 11.5 Å². The highest BCUT2D eigenvalue weighted by Gasteiger charge is 2.44. The number of methoxy groups -OCH3 is 1. The van der Waals surface area contributed by atoms with Crippen LogP contribution in [-0.2, 0) is 49.3 Å². The van der Waals surface area contributed by atoms with E-state index in [4.69, 9.17) is 32.9 Å². The molecule has 0 aliphatic carbocycles. The molecule has 7 atom stereocenters. The molecule has 2 unspecified atom stereocenters. The Morgan fingerprint density at radius 3 is 2.35 bits per heavy atom. The number of hydrogen-bond acceptors (Lipinski definition) is 13. The highest BCUT2D eigenvalue weighted by Crippen LogP contribution is 2.44. The molecular formula is C35H51N2O13PS. The molecule has 15 nitrogen and oxygen atoms in total. The fourth-order valence-electron chi connectivity index (χ4n) is 5.90. The number of benzene rings is 2. The van der Waals surface area contributed by atoms with Gasteiger partial charge in [0.2, 0.25) is 17.4 Å². The monoisotopic (exact) mass is 770 g/mol. The summed E-state index contributed by atoms with van der Waals surface area (Å²) in [7, 11) is -5.90. The van der Waals surface area contributed by atoms with Gasteiger partial charge in [0.05, 0.1) is 49.9 Å². The number of rotatable bonds is 19. The Kier molecular flexibility index (Phi) is 14.9. The van der Waals surface area contributed by atoms with Gasteiger partial charge in [-0.25, -0.2) is 18.0 Å². The van der Waals surface area contributed by atoms with Crippen molar-refractivity contribution in [1.82, 2.24) is 9.62 Å². The molecule has 17 heteroatoms. The first-order valence-corrected chi connectivity index (χ1v) is 21.0. The lowest BCUT2D eigenvalue weighted by Crippen LogP contribution is -2.51. The summed E-state index contributed by atoms with van der Waals surface area (Å²) in [6.07, 6.45) is -3.65. The Morgan fingerprint density at radius 1 is 1.04 bits per heavy atom. The molecule has 2 fully saturated rings. The maximum absolute atomic E-state index is 13.8. The van der Waals surface area contributed by atoms with E-state index in [1.807, 2.05) is 13.8 Å². The molecule has 2 aromatic rings. The fourth-order valence-corrected chi connectivity index (χ4v) is 8.72. The minimum Gasteiger partial charge on any atom is -0.497 e. The molecule has 2 N–H and O–H groups in total. The number of fused-ring (bicyclic) bond motifs is 1. The summed E-state index contributed by atoms with van der Waals surface area (Å²) < 4.78 is 79.8. The van der Waals surface area contributed by atoms with Crippen LogP contribution in [0.2, 0.25) is 0 Å². The summed E-state index contributed by atoms with van der Waals surface area (Å²) in [6.45, 7) is 8.86. The summed E-state index contributed by atoms with van der Waals surface area (Å²) in [4.78, 5) is 25.2. The predicted molar refractivity (Wildman–Crippen MR) is 190 cm³/mol. The van der Waals surface area contributed by atoms with Gasteiger partial charge < -0.3 is 43.4 Å². The highest BCUT2D eigenvalue weighted by molar-refractivity contribution is 7.89. The number of nitrogens with one attached hydrogen (secondary N) is 1. The average Bonchev–Trinajstić information content (AvgIpc) is 3.72. The van der Waals surface area contributed by atoms with Crippen LogP contribution < -0.4 is 14.8 Å². The number of nitrogens with zero attached hydrogens (tertiary/aromatic N) is 1. The van der Waals surface area contributed by atoms with Crippen LogP contribution >= 0.6 is 7.37 Å². The quantitative estimate of drug-likeness (QED) is 0.154. The van der Waals surface area contributed by atoms with Crippen LogP contribution in [0, 0.1) is 11.8 Å². The van der Waals surface area contributed by atoms with Crippen LogP contribution in [0.3, 0.4) is 0 Å². The lowest BCUT2D eigenvalue weighted by Gasteiger charge is -2.31. The standard InChI is InChI=1S/C35H51N2O13PS/c1-7-45-33(39)24(4)50-51(6,41)22-48-27-10-8-25(9-11-27)18-30(36-35(40)49-32-21-47-34-29(32)16-17-46-34)31(38)20-37(19-23(2)3)52(42,43)28-14-12-26(44-5)13-15-28/h8-15,23-24,29-32,34,38H,7,16-22H2,1-6H3,(H,36,40)/t24?,29-,30-,31+,32-,34+,51?/m0/s1. The molecule has 2 aromatic carbocycles. The van der Waals surface area contributed by atoms with Gasteiger partial charge >= 0.3 is 12.1 Å². The van der Waals surface area contributed by atoms with Gasteiger partial charge in [0.1, 0.15) is 17.6 Å². The van der Waals surface area contributed by atoms with Crippen molar-refractivity contribution < 1.29 is 60.6 Å². The van der Waals surface area contributed by atoms with E-state index in [-0.39, 0.29) is 55.8 Å². The first kappa shape index (κ1) is 41.5. The summed E-state index contributed by atoms with van der Waals surface area (Å²) in [5.41, 5.74) is 0.672. The van der Waals surface area contributed by atoms with Gasteiger partial charge in [-0.2, -0.15) is 4.31 Å². The molecule has 0 spiro atoms. The third-order valence-electron chi connectivity index (χ3n) is 8.51. The van der Waals surface area contributed by atoms with Gasteiger partial charge in [-0.1, -0.05) is 26.0 Å². The summed E-state index contributed by atoms with van der Waals surface area (Å²) >= 11 is 0. The fraction of sp³-hybridized carbons (Fsp3) is 0.600. The smallest absolute Gasteiger partial charge is 0.407 e. The van der Waals surface area contributed by atoms with Crippen molar-refractivity contribution in [3.63, 3.8) is 0 Å². The average molecular weight is 771 g/mol. The second-order valence-corrected chi connectivity index (χ2v) is 17.7. The number of esters is 1. The largest absolute Gasteiger partial charge is 0.497 e. The summed E-state index contributed by atoms with van der Waals surface area (Å²) in [5.74, 6) is 0.0609. The number of amides is 1. The summed E-state index contributed by atoms with van der Waals surface area (Å²) in [6, 6.07) is 11.7. The molecule has 1 amide bonds. The minimum absolute atomic E-state index is 0.0348. The molecular weight excluding hydrogens is 719 g/mol. The van der Waals surface area contributed by atoms with Crippen LogP contribution in [0.15, 0.2) is 53.4 Å². The molecule has 0 saturated carbocycles. The van der Waals surface area contributed by atoms with E-state index in [1.54, 1.807) is 43.3 Å². The zero-order valence-corrected chi connectivity index (χ0v) is 32.2. The predicted octanol–water partition coefficient (Wildman–Crippen LogP) is 4.01. The number of aliphatic hydroxyl groups is 1. The van der Waals surface area contributed by atoms with Crippen LogP contribution in [0.5, 0.6) is 11.5 Å². The van der Waals surface area contributed by atoms with Crippen molar-refractivity contribution in [2.45, 2.75) is 76.1 Å². The third kappa shape index (κ3) is 11.6. The number of sulfonamides is 1. The van der Waals surface area contributed by atoms with E-state index in [1.165, 1.54) is 37.1 Å². The Hall–Kier alpha value is -3.24. The van der Waals surface area contributed by atoms with E-state index < -0.39 is 60.1 Å². The Bertz CT molecular complexity index is 1620. The Morgan fingerprint density at radius 2 is 1.71 bits per heavy atom. The Labute approximate surface area is 305 Å². The van der Waals surface area contributed by atoms with Crippen molar-refractivity contribution in [1.29, 1.82) is 0 Å². The number of carbonyl (C=O) groups excluding carboxylic acids is 2. The lowest BCUT2D eigenvalue weighted by molar-refractivity contribution is -0.150. The number of ether oxygens (including phenoxy) is 6. The van der Waals surface area contributed by atoms with Crippen molar-refractivity contribution >= 4 is 29.5 Å². The number of aliphatic hydroxyl groups excluding tert-OH is 1. The van der Waals surface area contributed by atoms with Gasteiger partial charge in [0, 0.05) is 19.8 Å². The third-order valence-corrected chi connectivity index (χ3v) is 11.7. The van der Waals surface area contributed by atoms with Gasteiger partial charge in [-0.05, 0) is 74.6 Å². The van der Waals surface area contributed by atoms with Crippen molar-refractivity contribution in [3.05, 3.63) is 54.1 Å². The van der Waals surface area contributed by atoms with E-state index in [0.29, 0.717) is 30.1 Å². The molecule has 290 valence electrons. The maximum atomic E-state index is 13.8. The lowest BCUT2D eigenvalue weighted by atomic mass is 10.0. The van der Waals surface area contributed by atoms with Crippen LogP contribution in [0.25, 0.3) is 0 Å². The van der Waals surface area contributed by atoms with Crippen LogP contribution in [0.4, 0.5) is 4.79 Å². The second kappa shape index (κ2) is 18.7. The molecule has 2 aliphatic rings. The van der Waals surface area contributed by atoms with Gasteiger partial charge in [-0.15, -0.1) is 0 Å². The molecule has 2 heterocycles. The van der Waals surface area contributed by atoms with Gasteiger partial charge in [-0.3, -0.25) is 4.57 Å². The first-order chi connectivity index (χ1) is 24.6. The van der Waals surface area contributed by atoms with E-state index >= 15 is 0 Å². The SMILES string of the molecule is CCOC(=O)C(C)OP(C)(=O)COc1ccc(C[C@H](NC(=O)O[C@H]2CO[C@H]3OCC[C@H]32)[C@H](O)CN(CC(C)C)S(=O)(=O)c2ccc(OC)cc2)cc1. The molecule has 0 radical (unpaired) electrons. The first-order valence-electron chi connectivity index (χ1n) is 17.3. The van der Waals surface area contributed by atoms with Crippen molar-refractivity contribution in [2.24, 2.45) is 11.8 Å². The maximum Gasteiger partial charge on any atom is 0.407 e. The van der Waals surface area contributed by atoms with E-state index in [9.17, 15) is 27.7 Å². The number of hydrogen-bond donors (Lipinski definition) is 2. The topological polar surface area (TPSA) is 185 Å². The molecule has 2 aliphatic heterocycles. The van der Waals surface area contributed by atoms with E-state index in [2.05, 4.69) is 5.32 Å². The Balaban J connectivity index is 1.49. The van der Waals surface area contributed by atoms with Gasteiger partial charge in [0.25, 0.3) is 0 Å². The second-order valence-electron chi connectivity index (χ2n) is 13.3. The molecule has 52 heavy (non-hydrogen) atoms. The van der Waals surface area contributed by atoms with Crippen molar-refractivity contribution in [2.75, 3.05) is 53.0 Å². The minimum atomic E-state index is -4.05. The van der Waals surface area contributed by atoms with Crippen LogP contribution in [0.1, 0.15) is 39.7 Å². The van der Waals surface area contributed by atoms with Gasteiger partial charge in [0.15, 0.2) is 18.7 Å². The van der Waals surface area contributed by atoms with E-state index in [0.717, 1.165) is 0 Å². The molecule has 0 aromatic heterocycles. The number of carbonyl (C=O) groups is 2. The molecule has 2 saturated heterocycles. The zero-order valence-electron chi connectivity index (χ0n) is 30.5. The highest BCUT2D eigenvalue weighted by atomic mass is 32.2. The van der Waals surface area contributed by atoms with Crippen LogP contribution in [-0.4, -0.2) is 114 Å². The molecule has 4 rings (SSSR count). The normalized spacial score (nSPS) is 21.5.